The minimum atomic E-state index is -2.92. The molecular weight excluding hydrogens is 658 g/mol. The van der Waals surface area contributed by atoms with Crippen LogP contribution in [0.15, 0.2) is 48.6 Å². The molecule has 2 fully saturated rings. The minimum absolute atomic E-state index is 0.00184. The fourth-order valence-corrected chi connectivity index (χ4v) is 10.3. The van der Waals surface area contributed by atoms with Crippen LogP contribution in [-0.2, 0) is 31.0 Å². The smallest absolute Gasteiger partial charge is 0.262 e. The molecule has 1 saturated carbocycles. The van der Waals surface area contributed by atoms with Crippen molar-refractivity contribution in [3.8, 4) is 5.75 Å². The molecule has 1 saturated heterocycles. The van der Waals surface area contributed by atoms with Gasteiger partial charge in [-0.05, 0) is 111 Å². The number of likely N-dealkylation sites (tertiary alicyclic amines) is 1. The van der Waals surface area contributed by atoms with E-state index in [9.17, 15) is 9.00 Å². The second-order valence-electron chi connectivity index (χ2n) is 15.2. The molecule has 7 atom stereocenters. The van der Waals surface area contributed by atoms with Crippen LogP contribution in [0.2, 0.25) is 5.02 Å². The fourth-order valence-electron chi connectivity index (χ4n) is 8.59. The van der Waals surface area contributed by atoms with E-state index in [1.165, 1.54) is 11.1 Å². The second-order valence-corrected chi connectivity index (χ2v) is 18.1. The van der Waals surface area contributed by atoms with E-state index in [1.54, 1.807) is 13.2 Å². The monoisotopic (exact) mass is 709 g/mol. The SMILES string of the molecule is C=S1(=O)NC(=O)c2ccc3c(c2)N(C[C@@H]2CC[C@H]2[C@@H](OCCN2CC(OC)C2)/C=C/C[C@H](C)[C@H]1C)C[C@@]1(CCCc2cc(Cl)ccc21)CO3. The van der Waals surface area contributed by atoms with Gasteiger partial charge < -0.3 is 19.1 Å². The van der Waals surface area contributed by atoms with Gasteiger partial charge in [0.15, 0.2) is 0 Å². The number of fused-ring (bicyclic) bond motifs is 4. The highest BCUT2D eigenvalue weighted by molar-refractivity contribution is 7.99. The van der Waals surface area contributed by atoms with Crippen LogP contribution in [-0.4, -0.2) is 91.4 Å². The zero-order valence-corrected chi connectivity index (χ0v) is 30.8. The van der Waals surface area contributed by atoms with E-state index in [2.05, 4.69) is 51.6 Å². The van der Waals surface area contributed by atoms with Crippen molar-refractivity contribution in [2.75, 3.05) is 57.9 Å². The Labute approximate surface area is 297 Å². The van der Waals surface area contributed by atoms with Gasteiger partial charge in [-0.15, -0.1) is 0 Å². The molecule has 7 rings (SSSR count). The summed E-state index contributed by atoms with van der Waals surface area (Å²) < 4.78 is 35.5. The lowest BCUT2D eigenvalue weighted by Crippen LogP contribution is -2.53. The van der Waals surface area contributed by atoms with Gasteiger partial charge in [-0.3, -0.25) is 14.4 Å². The third-order valence-electron chi connectivity index (χ3n) is 12.1. The number of hydrogen-bond acceptors (Lipinski definition) is 7. The number of halogens is 1. The highest BCUT2D eigenvalue weighted by atomic mass is 35.5. The van der Waals surface area contributed by atoms with Gasteiger partial charge in [-0.25, -0.2) is 4.21 Å². The quantitative estimate of drug-likeness (QED) is 0.306. The maximum Gasteiger partial charge on any atom is 0.262 e. The number of rotatable bonds is 5. The van der Waals surface area contributed by atoms with E-state index >= 15 is 0 Å². The summed E-state index contributed by atoms with van der Waals surface area (Å²) in [6, 6.07) is 12.0. The van der Waals surface area contributed by atoms with Gasteiger partial charge in [0.05, 0.1) is 40.8 Å². The van der Waals surface area contributed by atoms with Crippen molar-refractivity contribution in [2.45, 2.75) is 75.2 Å². The Hall–Kier alpha value is -2.56. The molecule has 10 heteroatoms. The predicted octanol–water partition coefficient (Wildman–Crippen LogP) is 5.90. The summed E-state index contributed by atoms with van der Waals surface area (Å²) in [5.74, 6) is 5.30. The number of ether oxygens (including phenoxy) is 3. The Morgan fingerprint density at radius 1 is 1.14 bits per heavy atom. The molecule has 5 aliphatic rings. The van der Waals surface area contributed by atoms with E-state index < -0.39 is 9.71 Å². The summed E-state index contributed by atoms with van der Waals surface area (Å²) in [5.41, 5.74) is 3.79. The average molecular weight is 710 g/mol. The first-order valence-electron chi connectivity index (χ1n) is 18.1. The molecule has 1 N–H and O–H groups in total. The summed E-state index contributed by atoms with van der Waals surface area (Å²) in [6.07, 6.45) is 10.8. The number of anilines is 1. The van der Waals surface area contributed by atoms with Crippen LogP contribution in [0.25, 0.3) is 0 Å². The van der Waals surface area contributed by atoms with Gasteiger partial charge >= 0.3 is 0 Å². The fraction of sp³-hybridized carbons (Fsp3) is 0.590. The normalized spacial score (nSPS) is 34.4. The molecule has 1 spiro atoms. The molecule has 2 aliphatic carbocycles. The third-order valence-corrected chi connectivity index (χ3v) is 14.6. The van der Waals surface area contributed by atoms with Crippen molar-refractivity contribution in [3.63, 3.8) is 0 Å². The van der Waals surface area contributed by atoms with Crippen LogP contribution in [0.4, 0.5) is 5.69 Å². The van der Waals surface area contributed by atoms with Gasteiger partial charge in [-0.1, -0.05) is 36.7 Å². The van der Waals surface area contributed by atoms with Crippen molar-refractivity contribution in [2.24, 2.45) is 17.8 Å². The average Bonchev–Trinajstić information content (AvgIpc) is 3.19. The van der Waals surface area contributed by atoms with Crippen molar-refractivity contribution in [1.82, 2.24) is 9.62 Å². The minimum Gasteiger partial charge on any atom is -0.490 e. The number of amides is 1. The first-order chi connectivity index (χ1) is 23.5. The van der Waals surface area contributed by atoms with E-state index in [0.717, 1.165) is 87.7 Å². The molecule has 2 bridgehead atoms. The molecule has 0 radical (unpaired) electrons. The van der Waals surface area contributed by atoms with Crippen molar-refractivity contribution >= 4 is 38.8 Å². The lowest BCUT2D eigenvalue weighted by atomic mass is 9.68. The van der Waals surface area contributed by atoms with Crippen molar-refractivity contribution in [1.29, 1.82) is 0 Å². The number of nitrogens with one attached hydrogen (secondary N) is 1. The molecule has 49 heavy (non-hydrogen) atoms. The van der Waals surface area contributed by atoms with E-state index in [1.807, 2.05) is 25.1 Å². The van der Waals surface area contributed by atoms with Gasteiger partial charge in [0, 0.05) is 61.1 Å². The van der Waals surface area contributed by atoms with Gasteiger partial charge in [0.2, 0.25) is 0 Å². The van der Waals surface area contributed by atoms with Gasteiger partial charge in [-0.2, -0.15) is 0 Å². The largest absolute Gasteiger partial charge is 0.490 e. The van der Waals surface area contributed by atoms with Crippen LogP contribution in [0.5, 0.6) is 5.75 Å². The Kier molecular flexibility index (Phi) is 10.1. The maximum absolute atomic E-state index is 13.9. The molecule has 3 aliphatic heterocycles. The molecular formula is C39H52ClN3O5S. The Morgan fingerprint density at radius 3 is 2.76 bits per heavy atom. The second kappa shape index (κ2) is 14.2. The standard InChI is InChI=1S/C39H52ClN3O5S/c1-26-7-5-9-36(47-18-17-42-22-32(23-42)46-3)33-13-10-30(33)21-43-24-39(16-6-8-28-19-31(40)12-14-34(28)39)25-48-37-15-11-29(20-35(37)43)38(44)41-49(4,45)27(26)2/h5,9,11-12,14-15,19-20,26-27,30,32-33,36H,4,6-8,10,13,16-18,21-25H2,1-3H3,(H,41,44,45)/b9-5+/t26-,27+,30-,33+,36-,39-,49?/m0/s1. The zero-order valence-electron chi connectivity index (χ0n) is 29.2. The Balaban J connectivity index is 1.22. The topological polar surface area (TPSA) is 80.3 Å². The van der Waals surface area contributed by atoms with Gasteiger partial charge in [0.25, 0.3) is 5.91 Å². The zero-order chi connectivity index (χ0) is 34.3. The molecule has 2 aromatic carbocycles. The van der Waals surface area contributed by atoms with E-state index in [-0.39, 0.29) is 28.6 Å². The van der Waals surface area contributed by atoms with Crippen LogP contribution in [0.1, 0.15) is 67.4 Å². The number of nitrogens with zero attached hydrogens (tertiary/aromatic N) is 2. The van der Waals surface area contributed by atoms with Gasteiger partial charge in [0.1, 0.15) is 5.75 Å². The molecule has 0 aromatic heterocycles. The molecule has 2 aromatic rings. The predicted molar refractivity (Wildman–Crippen MR) is 199 cm³/mol. The van der Waals surface area contributed by atoms with Crippen LogP contribution in [0, 0.1) is 17.8 Å². The summed E-state index contributed by atoms with van der Waals surface area (Å²) in [5, 5.41) is 0.453. The number of carbonyl (C=O) groups excluding carboxylic acids is 1. The van der Waals surface area contributed by atoms with Crippen molar-refractivity contribution < 1.29 is 23.2 Å². The maximum atomic E-state index is 13.9. The Morgan fingerprint density at radius 2 is 1.98 bits per heavy atom. The van der Waals surface area contributed by atoms with Crippen molar-refractivity contribution in [3.05, 3.63) is 70.3 Å². The summed E-state index contributed by atoms with van der Waals surface area (Å²) >= 11 is 6.48. The number of benzene rings is 2. The summed E-state index contributed by atoms with van der Waals surface area (Å²) in [4.78, 5) is 18.5. The molecule has 1 unspecified atom stereocenters. The first-order valence-corrected chi connectivity index (χ1v) is 20.2. The third kappa shape index (κ3) is 7.16. The van der Waals surface area contributed by atoms with E-state index in [0.29, 0.717) is 36.7 Å². The number of allylic oxidation sites excluding steroid dienone is 1. The Bertz CT molecular complexity index is 1680. The lowest BCUT2D eigenvalue weighted by Gasteiger charge is -2.46. The highest BCUT2D eigenvalue weighted by Crippen LogP contribution is 2.47. The number of hydrogen-bond donors (Lipinski definition) is 1. The van der Waals surface area contributed by atoms with Crippen LogP contribution in [0.3, 0.4) is 0 Å². The molecule has 1 amide bonds. The summed E-state index contributed by atoms with van der Waals surface area (Å²) in [7, 11) is -1.14. The van der Waals surface area contributed by atoms with Crippen LogP contribution >= 0.6 is 11.6 Å². The molecule has 3 heterocycles. The lowest BCUT2D eigenvalue weighted by molar-refractivity contribution is -0.0592. The number of methoxy groups -OCH3 is 1. The highest BCUT2D eigenvalue weighted by Gasteiger charge is 2.44. The molecule has 266 valence electrons. The number of aryl methyl sites for hydroxylation is 1. The summed E-state index contributed by atoms with van der Waals surface area (Å²) in [6.45, 7) is 9.66. The number of carbonyl (C=O) groups is 1. The van der Waals surface area contributed by atoms with E-state index in [4.69, 9.17) is 25.8 Å². The van der Waals surface area contributed by atoms with Crippen LogP contribution < -0.4 is 14.4 Å². The molecule has 8 nitrogen and oxygen atoms in total. The first kappa shape index (κ1) is 34.9.